The lowest BCUT2D eigenvalue weighted by molar-refractivity contribution is -0.120. The Morgan fingerprint density at radius 3 is 2.53 bits per heavy atom. The fourth-order valence-corrected chi connectivity index (χ4v) is 1.09. The SMILES string of the molecule is CC(NC=O)C(=O)Nc1ccc(Cl)cc1. The summed E-state index contributed by atoms with van der Waals surface area (Å²) in [6.45, 7) is 1.60. The van der Waals surface area contributed by atoms with Gasteiger partial charge in [0.05, 0.1) is 0 Å². The Morgan fingerprint density at radius 1 is 1.40 bits per heavy atom. The normalized spacial score (nSPS) is 11.6. The molecule has 1 aromatic carbocycles. The molecular weight excluding hydrogens is 216 g/mol. The molecule has 0 aliphatic rings. The molecule has 0 radical (unpaired) electrons. The van der Waals surface area contributed by atoms with E-state index in [0.29, 0.717) is 17.1 Å². The molecule has 80 valence electrons. The molecule has 0 bridgehead atoms. The van der Waals surface area contributed by atoms with Crippen molar-refractivity contribution in [1.29, 1.82) is 0 Å². The smallest absolute Gasteiger partial charge is 0.246 e. The Morgan fingerprint density at radius 2 is 2.00 bits per heavy atom. The zero-order valence-corrected chi connectivity index (χ0v) is 8.91. The molecule has 0 saturated heterocycles. The second-order valence-electron chi connectivity index (χ2n) is 3.00. The van der Waals surface area contributed by atoms with Crippen LogP contribution in [-0.2, 0) is 9.59 Å². The van der Waals surface area contributed by atoms with Crippen LogP contribution in [0.15, 0.2) is 24.3 Å². The van der Waals surface area contributed by atoms with Crippen LogP contribution in [0.4, 0.5) is 5.69 Å². The van der Waals surface area contributed by atoms with Crippen molar-refractivity contribution in [2.24, 2.45) is 0 Å². The van der Waals surface area contributed by atoms with Crippen molar-refractivity contribution in [1.82, 2.24) is 5.32 Å². The van der Waals surface area contributed by atoms with Gasteiger partial charge in [0.15, 0.2) is 0 Å². The summed E-state index contributed by atoms with van der Waals surface area (Å²) in [6.07, 6.45) is 0.492. The van der Waals surface area contributed by atoms with Crippen molar-refractivity contribution in [3.8, 4) is 0 Å². The first kappa shape index (κ1) is 11.5. The number of rotatable bonds is 4. The van der Waals surface area contributed by atoms with Crippen LogP contribution in [0.1, 0.15) is 6.92 Å². The number of hydrogen-bond acceptors (Lipinski definition) is 2. The van der Waals surface area contributed by atoms with Gasteiger partial charge in [-0.15, -0.1) is 0 Å². The summed E-state index contributed by atoms with van der Waals surface area (Å²) in [7, 11) is 0. The van der Waals surface area contributed by atoms with E-state index in [9.17, 15) is 9.59 Å². The molecule has 0 fully saturated rings. The number of benzene rings is 1. The van der Waals surface area contributed by atoms with E-state index >= 15 is 0 Å². The van der Waals surface area contributed by atoms with Gasteiger partial charge in [0, 0.05) is 10.7 Å². The van der Waals surface area contributed by atoms with Crippen molar-refractivity contribution in [2.75, 3.05) is 5.32 Å². The summed E-state index contributed by atoms with van der Waals surface area (Å²) in [5.74, 6) is -0.274. The predicted octanol–water partition coefficient (Wildman–Crippen LogP) is 1.41. The molecule has 0 heterocycles. The summed E-state index contributed by atoms with van der Waals surface area (Å²) in [4.78, 5) is 21.5. The number of hydrogen-bond donors (Lipinski definition) is 2. The lowest BCUT2D eigenvalue weighted by Crippen LogP contribution is -2.37. The molecule has 15 heavy (non-hydrogen) atoms. The number of halogens is 1. The molecule has 2 amide bonds. The molecule has 0 aromatic heterocycles. The minimum Gasteiger partial charge on any atom is -0.347 e. The van der Waals surface area contributed by atoms with Crippen LogP contribution in [0.2, 0.25) is 5.02 Å². The summed E-state index contributed by atoms with van der Waals surface area (Å²) in [5, 5.41) is 5.60. The molecule has 2 N–H and O–H groups in total. The van der Waals surface area contributed by atoms with Crippen LogP contribution in [-0.4, -0.2) is 18.4 Å². The first-order chi connectivity index (χ1) is 7.13. The topological polar surface area (TPSA) is 58.2 Å². The fraction of sp³-hybridized carbons (Fsp3) is 0.200. The molecule has 1 atom stereocenters. The zero-order chi connectivity index (χ0) is 11.3. The van der Waals surface area contributed by atoms with E-state index in [1.54, 1.807) is 31.2 Å². The van der Waals surface area contributed by atoms with Crippen LogP contribution in [0.25, 0.3) is 0 Å². The lowest BCUT2D eigenvalue weighted by atomic mass is 10.3. The average molecular weight is 227 g/mol. The third-order valence-corrected chi connectivity index (χ3v) is 2.08. The van der Waals surface area contributed by atoms with Crippen LogP contribution in [0.3, 0.4) is 0 Å². The van der Waals surface area contributed by atoms with Crippen molar-refractivity contribution in [3.05, 3.63) is 29.3 Å². The van der Waals surface area contributed by atoms with Gasteiger partial charge in [-0.05, 0) is 31.2 Å². The minimum absolute atomic E-state index is 0.274. The molecule has 0 spiro atoms. The highest BCUT2D eigenvalue weighted by atomic mass is 35.5. The van der Waals surface area contributed by atoms with Gasteiger partial charge in [-0.1, -0.05) is 11.6 Å². The van der Waals surface area contributed by atoms with Gasteiger partial charge in [0.1, 0.15) is 6.04 Å². The van der Waals surface area contributed by atoms with E-state index < -0.39 is 6.04 Å². The summed E-state index contributed by atoms with van der Waals surface area (Å²) < 4.78 is 0. The minimum atomic E-state index is -0.557. The van der Waals surface area contributed by atoms with Gasteiger partial charge in [-0.2, -0.15) is 0 Å². The number of amides is 2. The average Bonchev–Trinajstić information content (AvgIpc) is 2.22. The van der Waals surface area contributed by atoms with Crippen molar-refractivity contribution >= 4 is 29.6 Å². The molecule has 1 aromatic rings. The monoisotopic (exact) mass is 226 g/mol. The maximum atomic E-state index is 11.4. The summed E-state index contributed by atoms with van der Waals surface area (Å²) in [5.41, 5.74) is 0.643. The maximum Gasteiger partial charge on any atom is 0.246 e. The Hall–Kier alpha value is -1.55. The lowest BCUT2D eigenvalue weighted by Gasteiger charge is -2.10. The van der Waals surface area contributed by atoms with E-state index in [0.717, 1.165) is 0 Å². The van der Waals surface area contributed by atoms with Gasteiger partial charge in [-0.25, -0.2) is 0 Å². The molecule has 0 saturated carbocycles. The largest absolute Gasteiger partial charge is 0.347 e. The Balaban J connectivity index is 2.58. The second kappa shape index (κ2) is 5.36. The van der Waals surface area contributed by atoms with Gasteiger partial charge in [0.25, 0.3) is 0 Å². The maximum absolute atomic E-state index is 11.4. The fourth-order valence-electron chi connectivity index (χ4n) is 0.961. The first-order valence-electron chi connectivity index (χ1n) is 4.39. The van der Waals surface area contributed by atoms with Crippen molar-refractivity contribution in [3.63, 3.8) is 0 Å². The third-order valence-electron chi connectivity index (χ3n) is 1.82. The van der Waals surface area contributed by atoms with E-state index in [2.05, 4.69) is 10.6 Å². The Bertz CT molecular complexity index is 351. The van der Waals surface area contributed by atoms with E-state index in [1.165, 1.54) is 0 Å². The molecule has 1 rings (SSSR count). The standard InChI is InChI=1S/C10H11ClN2O2/c1-7(12-6-14)10(15)13-9-4-2-8(11)3-5-9/h2-7H,1H3,(H,12,14)(H,13,15). The highest BCUT2D eigenvalue weighted by Gasteiger charge is 2.10. The van der Waals surface area contributed by atoms with Crippen molar-refractivity contribution < 1.29 is 9.59 Å². The summed E-state index contributed by atoms with van der Waals surface area (Å²) >= 11 is 5.69. The van der Waals surface area contributed by atoms with Crippen LogP contribution < -0.4 is 10.6 Å². The molecule has 4 nitrogen and oxygen atoms in total. The Labute approximate surface area is 92.6 Å². The van der Waals surface area contributed by atoms with E-state index in [4.69, 9.17) is 11.6 Å². The molecule has 0 aliphatic heterocycles. The quantitative estimate of drug-likeness (QED) is 0.763. The van der Waals surface area contributed by atoms with Gasteiger partial charge in [0.2, 0.25) is 12.3 Å². The van der Waals surface area contributed by atoms with Crippen LogP contribution in [0.5, 0.6) is 0 Å². The van der Waals surface area contributed by atoms with Crippen LogP contribution >= 0.6 is 11.6 Å². The number of anilines is 1. The van der Waals surface area contributed by atoms with Gasteiger partial charge >= 0.3 is 0 Å². The van der Waals surface area contributed by atoms with Gasteiger partial charge in [-0.3, -0.25) is 9.59 Å². The van der Waals surface area contributed by atoms with E-state index in [1.807, 2.05) is 0 Å². The molecule has 1 unspecified atom stereocenters. The molecule has 5 heteroatoms. The number of carbonyl (C=O) groups is 2. The van der Waals surface area contributed by atoms with Gasteiger partial charge < -0.3 is 10.6 Å². The highest BCUT2D eigenvalue weighted by molar-refractivity contribution is 6.30. The predicted molar refractivity (Wildman–Crippen MR) is 58.7 cm³/mol. The second-order valence-corrected chi connectivity index (χ2v) is 3.44. The first-order valence-corrected chi connectivity index (χ1v) is 4.77. The zero-order valence-electron chi connectivity index (χ0n) is 8.16. The number of nitrogens with one attached hydrogen (secondary N) is 2. The Kier molecular flexibility index (Phi) is 4.12. The number of carbonyl (C=O) groups excluding carboxylic acids is 2. The van der Waals surface area contributed by atoms with E-state index in [-0.39, 0.29) is 5.91 Å². The molecule has 0 aliphatic carbocycles. The van der Waals surface area contributed by atoms with Crippen molar-refractivity contribution in [2.45, 2.75) is 13.0 Å². The summed E-state index contributed by atoms with van der Waals surface area (Å²) in [6, 6.07) is 6.17. The molecular formula is C10H11ClN2O2. The highest BCUT2D eigenvalue weighted by Crippen LogP contribution is 2.13. The third kappa shape index (κ3) is 3.59. The van der Waals surface area contributed by atoms with Crippen LogP contribution in [0, 0.1) is 0 Å².